The van der Waals surface area contributed by atoms with Crippen LogP contribution in [0.5, 0.6) is 0 Å². The van der Waals surface area contributed by atoms with Gasteiger partial charge in [0.15, 0.2) is 0 Å². The highest BCUT2D eigenvalue weighted by Crippen LogP contribution is 2.30. The number of nitrogen functional groups attached to an aromatic ring is 1. The van der Waals surface area contributed by atoms with E-state index < -0.39 is 0 Å². The molecule has 1 unspecified atom stereocenters. The summed E-state index contributed by atoms with van der Waals surface area (Å²) in [6, 6.07) is 13.0. The summed E-state index contributed by atoms with van der Waals surface area (Å²) < 4.78 is 0. The molecular weight excluding hydrogens is 364 g/mol. The van der Waals surface area contributed by atoms with E-state index in [-0.39, 0.29) is 18.5 Å². The van der Waals surface area contributed by atoms with Crippen LogP contribution in [0, 0.1) is 0 Å². The molecule has 1 aliphatic carbocycles. The first kappa shape index (κ1) is 17.5. The van der Waals surface area contributed by atoms with E-state index in [9.17, 15) is 4.79 Å². The van der Waals surface area contributed by atoms with Crippen molar-refractivity contribution in [2.24, 2.45) is 0 Å². The molecule has 138 valence electrons. The minimum absolute atomic E-state index is 0.0129. The van der Waals surface area contributed by atoms with Gasteiger partial charge in [-0.25, -0.2) is 0 Å². The molecule has 27 heavy (non-hydrogen) atoms. The molecule has 2 aromatic carbocycles. The second-order valence-corrected chi connectivity index (χ2v) is 7.06. The SMILES string of the molecule is Nc1ccc2c(c1)CCCC2NC(=O)Cn1nnc(-c2ccc(Cl)cc2)n1. The number of nitrogens with two attached hydrogens (primary N) is 1. The van der Waals surface area contributed by atoms with Crippen molar-refractivity contribution in [2.45, 2.75) is 31.8 Å². The third kappa shape index (κ3) is 3.93. The number of halogens is 1. The normalized spacial score (nSPS) is 16.0. The average Bonchev–Trinajstić information content (AvgIpc) is 3.10. The Kier molecular flexibility index (Phi) is 4.77. The predicted octanol–water partition coefficient (Wildman–Crippen LogP) is 2.77. The maximum absolute atomic E-state index is 12.5. The van der Waals surface area contributed by atoms with Crippen molar-refractivity contribution < 1.29 is 4.79 Å². The first-order valence-electron chi connectivity index (χ1n) is 8.80. The number of amides is 1. The Morgan fingerprint density at radius 1 is 1.26 bits per heavy atom. The zero-order valence-electron chi connectivity index (χ0n) is 14.6. The zero-order valence-corrected chi connectivity index (χ0v) is 15.4. The van der Waals surface area contributed by atoms with Crippen molar-refractivity contribution in [2.75, 3.05) is 5.73 Å². The first-order valence-corrected chi connectivity index (χ1v) is 9.18. The second kappa shape index (κ2) is 7.36. The number of aryl methyl sites for hydroxylation is 1. The van der Waals surface area contributed by atoms with Crippen LogP contribution in [0.4, 0.5) is 5.69 Å². The summed E-state index contributed by atoms with van der Waals surface area (Å²) in [5.41, 5.74) is 9.76. The van der Waals surface area contributed by atoms with E-state index in [1.54, 1.807) is 12.1 Å². The largest absolute Gasteiger partial charge is 0.399 e. The fourth-order valence-corrected chi connectivity index (χ4v) is 3.50. The van der Waals surface area contributed by atoms with Gasteiger partial charge in [-0.05, 0) is 72.0 Å². The van der Waals surface area contributed by atoms with Gasteiger partial charge in [-0.2, -0.15) is 4.80 Å². The molecule has 3 N–H and O–H groups in total. The molecule has 1 atom stereocenters. The van der Waals surface area contributed by atoms with Crippen molar-refractivity contribution in [3.8, 4) is 11.4 Å². The molecule has 1 aliphatic rings. The molecule has 1 aromatic heterocycles. The summed E-state index contributed by atoms with van der Waals surface area (Å²) in [5, 5.41) is 16.0. The Morgan fingerprint density at radius 3 is 2.89 bits per heavy atom. The Morgan fingerprint density at radius 2 is 2.07 bits per heavy atom. The lowest BCUT2D eigenvalue weighted by molar-refractivity contribution is -0.122. The second-order valence-electron chi connectivity index (χ2n) is 6.62. The van der Waals surface area contributed by atoms with Gasteiger partial charge in [-0.1, -0.05) is 17.7 Å². The van der Waals surface area contributed by atoms with Gasteiger partial charge in [0.1, 0.15) is 6.54 Å². The molecule has 1 amide bonds. The van der Waals surface area contributed by atoms with E-state index in [0.29, 0.717) is 10.8 Å². The van der Waals surface area contributed by atoms with Crippen molar-refractivity contribution in [3.05, 3.63) is 58.6 Å². The maximum Gasteiger partial charge on any atom is 0.244 e. The summed E-state index contributed by atoms with van der Waals surface area (Å²) in [7, 11) is 0. The van der Waals surface area contributed by atoms with Crippen molar-refractivity contribution in [1.82, 2.24) is 25.5 Å². The van der Waals surface area contributed by atoms with Crippen molar-refractivity contribution in [1.29, 1.82) is 0 Å². The topological polar surface area (TPSA) is 98.7 Å². The standard InChI is InChI=1S/C19H19ClN6O/c20-14-6-4-12(5-7-14)19-23-25-26(24-19)11-18(27)22-17-3-1-2-13-10-15(21)8-9-16(13)17/h4-10,17H,1-3,11,21H2,(H,22,27). The first-order chi connectivity index (χ1) is 13.1. The molecular formula is C19H19ClN6O. The summed E-state index contributed by atoms with van der Waals surface area (Å²) in [6.07, 6.45) is 2.91. The number of aromatic nitrogens is 4. The number of hydrogen-bond donors (Lipinski definition) is 2. The lowest BCUT2D eigenvalue weighted by Gasteiger charge is -2.26. The third-order valence-corrected chi connectivity index (χ3v) is 4.91. The maximum atomic E-state index is 12.5. The van der Waals surface area contributed by atoms with E-state index in [1.165, 1.54) is 10.4 Å². The number of rotatable bonds is 4. The number of carbonyl (C=O) groups is 1. The molecule has 0 saturated heterocycles. The third-order valence-electron chi connectivity index (χ3n) is 4.66. The van der Waals surface area contributed by atoms with Crippen LogP contribution < -0.4 is 11.1 Å². The highest BCUT2D eigenvalue weighted by Gasteiger charge is 2.22. The zero-order chi connectivity index (χ0) is 18.8. The smallest absolute Gasteiger partial charge is 0.244 e. The lowest BCUT2D eigenvalue weighted by atomic mass is 9.87. The molecule has 0 bridgehead atoms. The number of nitrogens with one attached hydrogen (secondary N) is 1. The molecule has 0 saturated carbocycles. The van der Waals surface area contributed by atoms with Crippen LogP contribution in [0.3, 0.4) is 0 Å². The molecule has 4 rings (SSSR count). The van der Waals surface area contributed by atoms with Gasteiger partial charge < -0.3 is 11.1 Å². The Labute approximate surface area is 161 Å². The van der Waals surface area contributed by atoms with Crippen LogP contribution in [0.1, 0.15) is 30.0 Å². The number of tetrazole rings is 1. The molecule has 0 spiro atoms. The Balaban J connectivity index is 1.43. The molecule has 7 nitrogen and oxygen atoms in total. The minimum atomic E-state index is -0.148. The monoisotopic (exact) mass is 382 g/mol. The Bertz CT molecular complexity index is 969. The van der Waals surface area contributed by atoms with Crippen LogP contribution in [0.25, 0.3) is 11.4 Å². The summed E-state index contributed by atoms with van der Waals surface area (Å²) in [6.45, 7) is 0.0153. The predicted molar refractivity (Wildman–Crippen MR) is 103 cm³/mol. The van der Waals surface area contributed by atoms with Crippen molar-refractivity contribution >= 4 is 23.2 Å². The van der Waals surface area contributed by atoms with E-state index in [2.05, 4.69) is 20.7 Å². The van der Waals surface area contributed by atoms with E-state index >= 15 is 0 Å². The summed E-state index contributed by atoms with van der Waals surface area (Å²) >= 11 is 5.89. The average molecular weight is 383 g/mol. The molecule has 0 aliphatic heterocycles. The molecule has 1 heterocycles. The number of hydrogen-bond acceptors (Lipinski definition) is 5. The van der Waals surface area contributed by atoms with Gasteiger partial charge in [-0.3, -0.25) is 4.79 Å². The van der Waals surface area contributed by atoms with Crippen LogP contribution in [0.2, 0.25) is 5.02 Å². The number of anilines is 1. The quantitative estimate of drug-likeness (QED) is 0.676. The molecule has 3 aromatic rings. The number of fused-ring (bicyclic) bond motifs is 1. The van der Waals surface area contributed by atoms with Crippen molar-refractivity contribution in [3.63, 3.8) is 0 Å². The van der Waals surface area contributed by atoms with Crippen LogP contribution in [-0.4, -0.2) is 26.1 Å². The van der Waals surface area contributed by atoms with Gasteiger partial charge in [-0.15, -0.1) is 10.2 Å². The van der Waals surface area contributed by atoms with Crippen LogP contribution in [-0.2, 0) is 17.8 Å². The number of benzene rings is 2. The van der Waals surface area contributed by atoms with Gasteiger partial charge in [0, 0.05) is 16.3 Å². The molecule has 0 radical (unpaired) electrons. The Hall–Kier alpha value is -2.93. The number of nitrogens with zero attached hydrogens (tertiary/aromatic N) is 4. The molecule has 0 fully saturated rings. The van der Waals surface area contributed by atoms with Gasteiger partial charge >= 0.3 is 0 Å². The highest BCUT2D eigenvalue weighted by molar-refractivity contribution is 6.30. The lowest BCUT2D eigenvalue weighted by Crippen LogP contribution is -2.34. The number of carbonyl (C=O) groups excluding carboxylic acids is 1. The fourth-order valence-electron chi connectivity index (χ4n) is 3.38. The van der Waals surface area contributed by atoms with Gasteiger partial charge in [0.25, 0.3) is 0 Å². The van der Waals surface area contributed by atoms with E-state index in [0.717, 1.165) is 36.1 Å². The highest BCUT2D eigenvalue weighted by atomic mass is 35.5. The fraction of sp³-hybridized carbons (Fsp3) is 0.263. The van der Waals surface area contributed by atoms with E-state index in [1.807, 2.05) is 30.3 Å². The molecule has 8 heteroatoms. The van der Waals surface area contributed by atoms with Crippen LogP contribution in [0.15, 0.2) is 42.5 Å². The summed E-state index contributed by atoms with van der Waals surface area (Å²) in [5.74, 6) is 0.308. The van der Waals surface area contributed by atoms with Gasteiger partial charge in [0.2, 0.25) is 11.7 Å². The van der Waals surface area contributed by atoms with Gasteiger partial charge in [0.05, 0.1) is 6.04 Å². The van der Waals surface area contributed by atoms with Crippen LogP contribution >= 0.6 is 11.6 Å². The van der Waals surface area contributed by atoms with E-state index in [4.69, 9.17) is 17.3 Å². The summed E-state index contributed by atoms with van der Waals surface area (Å²) in [4.78, 5) is 13.8. The minimum Gasteiger partial charge on any atom is -0.399 e.